The van der Waals surface area contributed by atoms with Crippen molar-refractivity contribution in [3.8, 4) is 11.1 Å². The smallest absolute Gasteiger partial charge is 0.407 e. The third-order valence-electron chi connectivity index (χ3n) is 5.69. The number of fused-ring (bicyclic) bond motifs is 3. The highest BCUT2D eigenvalue weighted by molar-refractivity contribution is 7.11. The lowest BCUT2D eigenvalue weighted by Crippen LogP contribution is -2.48. The third-order valence-corrected chi connectivity index (χ3v) is 6.84. The molecule has 0 aliphatic heterocycles. The first-order chi connectivity index (χ1) is 16.5. The summed E-state index contributed by atoms with van der Waals surface area (Å²) >= 11 is 1.47. The highest BCUT2D eigenvalue weighted by Crippen LogP contribution is 2.44. The van der Waals surface area contributed by atoms with E-state index in [0.29, 0.717) is 5.01 Å². The molecule has 0 saturated carbocycles. The summed E-state index contributed by atoms with van der Waals surface area (Å²) in [4.78, 5) is 41.7. The van der Waals surface area contributed by atoms with E-state index < -0.39 is 30.4 Å². The predicted molar refractivity (Wildman–Crippen MR) is 128 cm³/mol. The summed E-state index contributed by atoms with van der Waals surface area (Å²) in [7, 11) is 0. The monoisotopic (exact) mass is 479 g/mol. The Labute approximate surface area is 201 Å². The standard InChI is InChI=1S/C25H25N3O5S/c1-2-15-12-26-22(34-15)13-27-24(31)21(11-23(29)30)28-25(32)33-14-20-18-9-5-3-7-16(18)17-8-4-6-10-19(17)20/h3-10,12,20-21H,2,11,13-14H2,1H3,(H,27,31)(H,28,32)(H,29,30). The molecule has 0 saturated heterocycles. The van der Waals surface area contributed by atoms with Crippen molar-refractivity contribution in [3.05, 3.63) is 75.7 Å². The topological polar surface area (TPSA) is 118 Å². The van der Waals surface area contributed by atoms with Crippen LogP contribution in [0.1, 0.15) is 40.3 Å². The number of hydrogen-bond acceptors (Lipinski definition) is 6. The van der Waals surface area contributed by atoms with Gasteiger partial charge in [0.2, 0.25) is 5.91 Å². The van der Waals surface area contributed by atoms with E-state index >= 15 is 0 Å². The number of nitrogens with one attached hydrogen (secondary N) is 2. The number of carboxylic acids is 1. The number of nitrogens with zero attached hydrogens (tertiary/aromatic N) is 1. The number of aliphatic carboxylic acids is 1. The van der Waals surface area contributed by atoms with Crippen LogP contribution < -0.4 is 10.6 Å². The quantitative estimate of drug-likeness (QED) is 0.431. The molecule has 0 radical (unpaired) electrons. The molecule has 1 aliphatic rings. The molecule has 176 valence electrons. The van der Waals surface area contributed by atoms with Gasteiger partial charge in [0, 0.05) is 17.0 Å². The van der Waals surface area contributed by atoms with Crippen molar-refractivity contribution in [1.82, 2.24) is 15.6 Å². The van der Waals surface area contributed by atoms with Crippen LogP contribution in [0.2, 0.25) is 0 Å². The second kappa shape index (κ2) is 10.5. The second-order valence-electron chi connectivity index (χ2n) is 7.91. The zero-order valence-corrected chi connectivity index (χ0v) is 19.4. The number of aryl methyl sites for hydroxylation is 1. The summed E-state index contributed by atoms with van der Waals surface area (Å²) in [6, 6.07) is 14.6. The Bertz CT molecular complexity index is 1160. The number of aromatic nitrogens is 1. The summed E-state index contributed by atoms with van der Waals surface area (Å²) < 4.78 is 5.45. The van der Waals surface area contributed by atoms with Gasteiger partial charge in [-0.15, -0.1) is 11.3 Å². The number of benzene rings is 2. The van der Waals surface area contributed by atoms with Crippen molar-refractivity contribution in [2.24, 2.45) is 0 Å². The van der Waals surface area contributed by atoms with Gasteiger partial charge in [-0.2, -0.15) is 0 Å². The molecule has 3 N–H and O–H groups in total. The fourth-order valence-corrected chi connectivity index (χ4v) is 4.85. The molecule has 1 aliphatic carbocycles. The van der Waals surface area contributed by atoms with Gasteiger partial charge in [0.05, 0.1) is 13.0 Å². The van der Waals surface area contributed by atoms with E-state index in [2.05, 4.69) is 15.6 Å². The van der Waals surface area contributed by atoms with Crippen LogP contribution in [0.5, 0.6) is 0 Å². The first kappa shape index (κ1) is 23.4. The van der Waals surface area contributed by atoms with Gasteiger partial charge in [-0.05, 0) is 28.7 Å². The molecule has 0 spiro atoms. The fraction of sp³-hybridized carbons (Fsp3) is 0.280. The molecular weight excluding hydrogens is 454 g/mol. The molecule has 1 atom stereocenters. The van der Waals surface area contributed by atoms with Crippen LogP contribution in [-0.4, -0.2) is 40.7 Å². The average Bonchev–Trinajstić information content (AvgIpc) is 3.43. The molecule has 9 heteroatoms. The van der Waals surface area contributed by atoms with Crippen LogP contribution in [0.25, 0.3) is 11.1 Å². The number of hydrogen-bond donors (Lipinski definition) is 3. The van der Waals surface area contributed by atoms with Crippen LogP contribution >= 0.6 is 11.3 Å². The summed E-state index contributed by atoms with van der Waals surface area (Å²) in [6.07, 6.45) is 1.19. The fourth-order valence-electron chi connectivity index (χ4n) is 4.05. The summed E-state index contributed by atoms with van der Waals surface area (Å²) in [5, 5.41) is 15.0. The maximum absolute atomic E-state index is 12.6. The molecule has 8 nitrogen and oxygen atoms in total. The Morgan fingerprint density at radius 3 is 2.32 bits per heavy atom. The number of carbonyl (C=O) groups excluding carboxylic acids is 2. The lowest BCUT2D eigenvalue weighted by molar-refractivity contribution is -0.139. The van der Waals surface area contributed by atoms with Gasteiger partial charge in [0.25, 0.3) is 0 Å². The Kier molecular flexibility index (Phi) is 7.22. The lowest BCUT2D eigenvalue weighted by Gasteiger charge is -2.18. The van der Waals surface area contributed by atoms with E-state index in [1.165, 1.54) is 11.3 Å². The molecule has 34 heavy (non-hydrogen) atoms. The normalized spacial score (nSPS) is 13.0. The zero-order valence-electron chi connectivity index (χ0n) is 18.6. The minimum atomic E-state index is -1.27. The number of thiazole rings is 1. The Morgan fingerprint density at radius 1 is 1.09 bits per heavy atom. The molecule has 4 rings (SSSR count). The van der Waals surface area contributed by atoms with Crippen LogP contribution in [0.4, 0.5) is 4.79 Å². The maximum Gasteiger partial charge on any atom is 0.407 e. The van der Waals surface area contributed by atoms with Gasteiger partial charge in [0.1, 0.15) is 17.7 Å². The number of carboxylic acid groups (broad SMARTS) is 1. The van der Waals surface area contributed by atoms with Gasteiger partial charge in [-0.3, -0.25) is 9.59 Å². The first-order valence-corrected chi connectivity index (χ1v) is 11.8. The van der Waals surface area contributed by atoms with Gasteiger partial charge in [-0.1, -0.05) is 55.5 Å². The van der Waals surface area contributed by atoms with Crippen LogP contribution in [-0.2, 0) is 27.3 Å². The molecule has 1 heterocycles. The Morgan fingerprint density at radius 2 is 1.74 bits per heavy atom. The van der Waals surface area contributed by atoms with Crippen molar-refractivity contribution in [2.75, 3.05) is 6.61 Å². The van der Waals surface area contributed by atoms with Crippen LogP contribution in [0.15, 0.2) is 54.7 Å². The molecule has 1 unspecified atom stereocenters. The largest absolute Gasteiger partial charge is 0.481 e. The Balaban J connectivity index is 1.37. The van der Waals surface area contributed by atoms with Gasteiger partial charge in [0.15, 0.2) is 0 Å². The number of ether oxygens (including phenoxy) is 1. The predicted octanol–water partition coefficient (Wildman–Crippen LogP) is 3.70. The second-order valence-corrected chi connectivity index (χ2v) is 9.11. The molecule has 3 aromatic rings. The SMILES string of the molecule is CCc1cnc(CNC(=O)C(CC(=O)O)NC(=O)OCC2c3ccccc3-c3ccccc32)s1. The average molecular weight is 480 g/mol. The van der Waals surface area contributed by atoms with Crippen molar-refractivity contribution < 1.29 is 24.2 Å². The summed E-state index contributed by atoms with van der Waals surface area (Å²) in [5.74, 6) is -1.95. The highest BCUT2D eigenvalue weighted by Gasteiger charge is 2.30. The lowest BCUT2D eigenvalue weighted by atomic mass is 9.98. The molecule has 0 bridgehead atoms. The minimum absolute atomic E-state index is 0.0696. The number of alkyl carbamates (subject to hydrolysis) is 1. The van der Waals surface area contributed by atoms with Gasteiger partial charge in [-0.25, -0.2) is 9.78 Å². The Hall–Kier alpha value is -3.72. The van der Waals surface area contributed by atoms with E-state index in [4.69, 9.17) is 4.74 Å². The zero-order chi connectivity index (χ0) is 24.1. The molecule has 2 amide bonds. The van der Waals surface area contributed by atoms with E-state index in [1.54, 1.807) is 6.20 Å². The molecule has 0 fully saturated rings. The number of carbonyl (C=O) groups is 3. The van der Waals surface area contributed by atoms with E-state index in [9.17, 15) is 19.5 Å². The van der Waals surface area contributed by atoms with E-state index in [0.717, 1.165) is 33.6 Å². The van der Waals surface area contributed by atoms with E-state index in [1.807, 2.05) is 55.5 Å². The first-order valence-electron chi connectivity index (χ1n) is 11.0. The third kappa shape index (κ3) is 5.26. The number of amides is 2. The minimum Gasteiger partial charge on any atom is -0.481 e. The number of rotatable bonds is 9. The molecule has 1 aromatic heterocycles. The van der Waals surface area contributed by atoms with Crippen LogP contribution in [0.3, 0.4) is 0 Å². The van der Waals surface area contributed by atoms with Crippen molar-refractivity contribution in [1.29, 1.82) is 0 Å². The van der Waals surface area contributed by atoms with Crippen molar-refractivity contribution in [2.45, 2.75) is 38.3 Å². The summed E-state index contributed by atoms with van der Waals surface area (Å²) in [6.45, 7) is 2.24. The van der Waals surface area contributed by atoms with Gasteiger partial charge >= 0.3 is 12.1 Å². The maximum atomic E-state index is 12.6. The van der Waals surface area contributed by atoms with Crippen molar-refractivity contribution >= 4 is 29.3 Å². The van der Waals surface area contributed by atoms with E-state index in [-0.39, 0.29) is 19.1 Å². The van der Waals surface area contributed by atoms with Crippen LogP contribution in [0, 0.1) is 0 Å². The highest BCUT2D eigenvalue weighted by atomic mass is 32.1. The van der Waals surface area contributed by atoms with Gasteiger partial charge < -0.3 is 20.5 Å². The molecule has 2 aromatic carbocycles. The summed E-state index contributed by atoms with van der Waals surface area (Å²) in [5.41, 5.74) is 4.32. The molecular formula is C25H25N3O5S. The van der Waals surface area contributed by atoms with Crippen molar-refractivity contribution in [3.63, 3.8) is 0 Å².